The number of aliphatic carboxylic acids is 1. The summed E-state index contributed by atoms with van der Waals surface area (Å²) >= 11 is 0. The molecule has 17 nitrogen and oxygen atoms in total. The first kappa shape index (κ1) is 68.5. The van der Waals surface area contributed by atoms with Gasteiger partial charge in [-0.05, 0) is 87.0 Å². The summed E-state index contributed by atoms with van der Waals surface area (Å²) in [4.78, 5) is 80.7. The number of carbonyl (C=O) groups is 7. The number of nitrogens with zero attached hydrogens (tertiary/aromatic N) is 1. The van der Waals surface area contributed by atoms with Crippen LogP contribution in [0.5, 0.6) is 0 Å². The Morgan fingerprint density at radius 3 is 1.38 bits per heavy atom. The van der Waals surface area contributed by atoms with E-state index >= 15 is 0 Å². The van der Waals surface area contributed by atoms with E-state index in [0.717, 1.165) is 38.8 Å². The first-order chi connectivity index (χ1) is 30.3. The second kappa shape index (κ2) is 36.0. The van der Waals surface area contributed by atoms with Gasteiger partial charge in [0.2, 0.25) is 17.7 Å². The molecule has 388 valence electrons. The molecular weight excluding hydrogens is 855 g/mol. The lowest BCUT2D eigenvalue weighted by atomic mass is 9.88. The highest BCUT2D eigenvalue weighted by Gasteiger charge is 2.31. The van der Waals surface area contributed by atoms with Gasteiger partial charge in [-0.2, -0.15) is 0 Å². The number of carbonyl (C=O) groups excluding carboxylic acids is 6. The number of amides is 3. The lowest BCUT2D eigenvalue weighted by Crippen LogP contribution is -2.46. The molecule has 0 saturated carbocycles. The maximum Gasteiger partial charge on any atom is 0.333 e. The summed E-state index contributed by atoms with van der Waals surface area (Å²) < 4.78 is 24.6. The number of morpholine rings is 1. The van der Waals surface area contributed by atoms with Crippen molar-refractivity contribution in [2.24, 2.45) is 33.5 Å². The van der Waals surface area contributed by atoms with Crippen molar-refractivity contribution < 1.29 is 67.5 Å². The van der Waals surface area contributed by atoms with Gasteiger partial charge in [-0.25, -0.2) is 4.79 Å². The van der Waals surface area contributed by atoms with Crippen LogP contribution >= 0.6 is 0 Å². The standard InChI is InChI=1S/C13H22O5.C11H22N2O2.C10H19NO2.C9H18O3.C6H12O2/c1-6-13(4,5)12(16)18-8-10(14)7-17-11(15)9(2)3;1-5-8(3)10(14)12-7-13-11(15)9(4)6-2;1-4-10(2,3)9(12)11-5-7-13-8-6-11;1-5-9(2,3)8(10)12-7-6-11-4;1-4-6(2,3)5(7)8/h10,14H,2,6-8H2,1,3-5H3;8-9H,5-7H2,1-4H3,(H,12,14)(H,13,15);4-8H2,1-3H3;5-7H2,1-4H3;4H2,1-3H3,(H,7,8). The third-order valence-corrected chi connectivity index (χ3v) is 11.4. The van der Waals surface area contributed by atoms with E-state index in [2.05, 4.69) is 24.1 Å². The minimum Gasteiger partial charge on any atom is -0.481 e. The number of rotatable bonds is 22. The number of aliphatic hydroxyl groups excluding tert-OH is 1. The van der Waals surface area contributed by atoms with Crippen LogP contribution in [-0.2, 0) is 57.2 Å². The third kappa shape index (κ3) is 31.8. The second-order valence-electron chi connectivity index (χ2n) is 18.8. The van der Waals surface area contributed by atoms with Crippen LogP contribution in [0.2, 0.25) is 0 Å². The highest BCUT2D eigenvalue weighted by Crippen LogP contribution is 2.24. The van der Waals surface area contributed by atoms with E-state index < -0.39 is 28.9 Å². The van der Waals surface area contributed by atoms with Gasteiger partial charge in [-0.3, -0.25) is 28.8 Å². The van der Waals surface area contributed by atoms with Crippen LogP contribution in [0, 0.1) is 33.5 Å². The van der Waals surface area contributed by atoms with Gasteiger partial charge >= 0.3 is 23.9 Å². The number of methoxy groups -OCH3 is 1. The predicted molar refractivity (Wildman–Crippen MR) is 257 cm³/mol. The van der Waals surface area contributed by atoms with E-state index in [0.29, 0.717) is 39.3 Å². The van der Waals surface area contributed by atoms with Crippen LogP contribution in [0.1, 0.15) is 156 Å². The van der Waals surface area contributed by atoms with Gasteiger partial charge in [0.05, 0.1) is 42.7 Å². The normalized spacial score (nSPS) is 13.8. The van der Waals surface area contributed by atoms with Crippen LogP contribution in [0.3, 0.4) is 0 Å². The average Bonchev–Trinajstić information content (AvgIpc) is 3.29. The van der Waals surface area contributed by atoms with Gasteiger partial charge in [0.15, 0.2) is 0 Å². The molecule has 0 aromatic carbocycles. The summed E-state index contributed by atoms with van der Waals surface area (Å²) in [5.74, 6) is -1.58. The van der Waals surface area contributed by atoms with Gasteiger partial charge in [0.1, 0.15) is 25.9 Å². The Morgan fingerprint density at radius 1 is 0.652 bits per heavy atom. The minimum atomic E-state index is -1.02. The molecule has 1 rings (SSSR count). The van der Waals surface area contributed by atoms with Crippen LogP contribution in [-0.4, -0.2) is 129 Å². The molecule has 1 aliphatic heterocycles. The molecule has 0 aromatic heterocycles. The van der Waals surface area contributed by atoms with Gasteiger partial charge in [0.25, 0.3) is 0 Å². The van der Waals surface area contributed by atoms with E-state index in [-0.39, 0.29) is 77.8 Å². The molecule has 0 aromatic rings. The number of ether oxygens (including phenoxy) is 5. The van der Waals surface area contributed by atoms with E-state index in [4.69, 9.17) is 28.8 Å². The van der Waals surface area contributed by atoms with Crippen molar-refractivity contribution in [3.8, 4) is 0 Å². The molecule has 1 heterocycles. The topological polar surface area (TPSA) is 233 Å². The first-order valence-corrected chi connectivity index (χ1v) is 23.4. The number of carboxylic acid groups (broad SMARTS) is 1. The van der Waals surface area contributed by atoms with E-state index in [9.17, 15) is 38.7 Å². The SMILES string of the molecule is C=C(C)C(=O)OCC(O)COC(=O)C(C)(C)CC.CCC(C)(C)C(=O)N1CCOCC1.CCC(C)(C)C(=O)O.CCC(C)(C)C(=O)OCCOC.CCC(C)C(=O)NCNC(=O)C(C)CC. The largest absolute Gasteiger partial charge is 0.481 e. The van der Waals surface area contributed by atoms with E-state index in [1.54, 1.807) is 34.8 Å². The minimum absolute atomic E-state index is 0.00509. The highest BCUT2D eigenvalue weighted by molar-refractivity contribution is 5.87. The molecule has 17 heteroatoms. The molecule has 0 bridgehead atoms. The monoisotopic (exact) mass is 948 g/mol. The molecule has 1 saturated heterocycles. The van der Waals surface area contributed by atoms with Crippen molar-refractivity contribution >= 4 is 41.6 Å². The lowest BCUT2D eigenvalue weighted by molar-refractivity contribution is -0.159. The Balaban J connectivity index is -0.000000371. The van der Waals surface area contributed by atoms with Crippen LogP contribution < -0.4 is 10.6 Å². The predicted octanol–water partition coefficient (Wildman–Crippen LogP) is 7.12. The Hall–Kier alpha value is -4.09. The molecule has 3 amide bonds. The Bertz CT molecular complexity index is 1420. The molecule has 0 aliphatic carbocycles. The first-order valence-electron chi connectivity index (χ1n) is 23.4. The summed E-state index contributed by atoms with van der Waals surface area (Å²) in [6, 6.07) is 0. The lowest BCUT2D eigenvalue weighted by Gasteiger charge is -2.33. The number of esters is 3. The summed E-state index contributed by atoms with van der Waals surface area (Å²) in [6.45, 7) is 38.6. The Labute approximate surface area is 398 Å². The highest BCUT2D eigenvalue weighted by atomic mass is 16.6. The zero-order chi connectivity index (χ0) is 52.5. The zero-order valence-corrected chi connectivity index (χ0v) is 44.3. The fourth-order valence-corrected chi connectivity index (χ4v) is 3.85. The van der Waals surface area contributed by atoms with E-state index in [1.807, 2.05) is 81.1 Å². The van der Waals surface area contributed by atoms with Gasteiger partial charge < -0.3 is 49.4 Å². The molecular formula is C49H93N3O14. The number of hydrogen-bond acceptors (Lipinski definition) is 13. The summed E-state index contributed by atoms with van der Waals surface area (Å²) in [5.41, 5.74) is -1.44. The Morgan fingerprint density at radius 2 is 1.05 bits per heavy atom. The maximum absolute atomic E-state index is 11.9. The molecule has 1 fully saturated rings. The quantitative estimate of drug-likeness (QED) is 0.0278. The molecule has 1 aliphatic rings. The molecule has 3 atom stereocenters. The van der Waals surface area contributed by atoms with Crippen LogP contribution in [0.15, 0.2) is 12.2 Å². The van der Waals surface area contributed by atoms with Crippen LogP contribution in [0.25, 0.3) is 0 Å². The molecule has 4 N–H and O–H groups in total. The van der Waals surface area contributed by atoms with Gasteiger partial charge in [-0.15, -0.1) is 0 Å². The van der Waals surface area contributed by atoms with Crippen molar-refractivity contribution in [3.63, 3.8) is 0 Å². The maximum atomic E-state index is 11.9. The molecule has 0 radical (unpaired) electrons. The van der Waals surface area contributed by atoms with Crippen LogP contribution in [0.4, 0.5) is 0 Å². The van der Waals surface area contributed by atoms with Crippen molar-refractivity contribution in [1.29, 1.82) is 0 Å². The van der Waals surface area contributed by atoms with Crippen molar-refractivity contribution in [1.82, 2.24) is 15.5 Å². The van der Waals surface area contributed by atoms with Crippen molar-refractivity contribution in [2.75, 3.05) is 66.5 Å². The third-order valence-electron chi connectivity index (χ3n) is 11.4. The number of aliphatic hydroxyl groups is 1. The number of nitrogens with one attached hydrogen (secondary N) is 2. The number of hydrogen-bond donors (Lipinski definition) is 4. The fourth-order valence-electron chi connectivity index (χ4n) is 3.85. The second-order valence-corrected chi connectivity index (χ2v) is 18.8. The Kier molecular flexibility index (Phi) is 37.4. The summed E-state index contributed by atoms with van der Waals surface area (Å²) in [7, 11) is 1.58. The van der Waals surface area contributed by atoms with Crippen molar-refractivity contribution in [2.45, 2.75) is 162 Å². The van der Waals surface area contributed by atoms with E-state index in [1.165, 1.54) is 6.92 Å². The zero-order valence-electron chi connectivity index (χ0n) is 44.3. The fraction of sp³-hybridized carbons (Fsp3) is 0.816. The van der Waals surface area contributed by atoms with Crippen molar-refractivity contribution in [3.05, 3.63) is 12.2 Å². The summed E-state index contributed by atoms with van der Waals surface area (Å²) in [6.07, 6.45) is 3.61. The van der Waals surface area contributed by atoms with Gasteiger partial charge in [-0.1, -0.05) is 75.8 Å². The van der Waals surface area contributed by atoms with Gasteiger partial charge in [0, 0.05) is 43.0 Å². The average molecular weight is 948 g/mol. The molecule has 66 heavy (non-hydrogen) atoms. The number of carboxylic acids is 1. The summed E-state index contributed by atoms with van der Waals surface area (Å²) in [5, 5.41) is 23.3. The molecule has 0 spiro atoms. The molecule has 3 unspecified atom stereocenters. The smallest absolute Gasteiger partial charge is 0.333 e.